The van der Waals surface area contributed by atoms with E-state index in [9.17, 15) is 16.8 Å². The van der Waals surface area contributed by atoms with Gasteiger partial charge in [0, 0.05) is 11.3 Å². The fourth-order valence-corrected chi connectivity index (χ4v) is 6.69. The summed E-state index contributed by atoms with van der Waals surface area (Å²) in [5.41, 5.74) is 2.08. The molecule has 2 N–H and O–H groups in total. The third-order valence-corrected chi connectivity index (χ3v) is 9.04. The third-order valence-electron chi connectivity index (χ3n) is 5.28. The molecule has 0 radical (unpaired) electrons. The molecule has 188 valence electrons. The van der Waals surface area contributed by atoms with Crippen LogP contribution >= 0.6 is 23.2 Å². The van der Waals surface area contributed by atoms with Crippen LogP contribution in [0.1, 0.15) is 0 Å². The van der Waals surface area contributed by atoms with Crippen molar-refractivity contribution in [2.45, 2.75) is 9.79 Å². The van der Waals surface area contributed by atoms with Crippen LogP contribution < -0.4 is 9.44 Å². The van der Waals surface area contributed by atoms with Gasteiger partial charge in [-0.05, 0) is 66.7 Å². The van der Waals surface area contributed by atoms with E-state index >= 15 is 0 Å². The van der Waals surface area contributed by atoms with E-state index in [1.54, 1.807) is 66.7 Å². The quantitative estimate of drug-likeness (QED) is 0.232. The Balaban J connectivity index is 1.37. The summed E-state index contributed by atoms with van der Waals surface area (Å²) in [6.07, 6.45) is 0. The van der Waals surface area contributed by atoms with Crippen LogP contribution in [0.5, 0.6) is 0 Å². The van der Waals surface area contributed by atoms with Crippen LogP contribution in [0.25, 0.3) is 22.6 Å². The minimum absolute atomic E-state index is 0.0272. The summed E-state index contributed by atoms with van der Waals surface area (Å²) >= 11 is 12.1. The highest BCUT2D eigenvalue weighted by Crippen LogP contribution is 2.30. The highest BCUT2D eigenvalue weighted by molar-refractivity contribution is 7.93. The summed E-state index contributed by atoms with van der Waals surface area (Å²) in [4.78, 5) is 4.38. The molecule has 0 spiro atoms. The number of anilines is 2. The Bertz CT molecular complexity index is 1840. The van der Waals surface area contributed by atoms with Crippen molar-refractivity contribution < 1.29 is 21.3 Å². The molecular weight excluding hydrogens is 557 g/mol. The molecule has 0 unspecified atom stereocenters. The number of aromatic nitrogens is 1. The van der Waals surface area contributed by atoms with E-state index in [4.69, 9.17) is 27.6 Å². The molecule has 37 heavy (non-hydrogen) atoms. The first-order valence-corrected chi connectivity index (χ1v) is 14.4. The second-order valence-electron chi connectivity index (χ2n) is 7.85. The maximum atomic E-state index is 12.7. The minimum atomic E-state index is -3.91. The number of benzene rings is 4. The smallest absolute Gasteiger partial charge is 0.263 e. The van der Waals surface area contributed by atoms with Gasteiger partial charge in [0.2, 0.25) is 5.89 Å². The Labute approximate surface area is 223 Å². The number of hydrogen-bond acceptors (Lipinski definition) is 6. The number of nitrogens with one attached hydrogen (secondary N) is 2. The van der Waals surface area contributed by atoms with E-state index in [1.807, 2.05) is 0 Å². The van der Waals surface area contributed by atoms with Crippen molar-refractivity contribution in [3.8, 4) is 11.5 Å². The maximum absolute atomic E-state index is 12.7. The summed E-state index contributed by atoms with van der Waals surface area (Å²) in [5.74, 6) is 0.279. The Kier molecular flexibility index (Phi) is 6.59. The number of fused-ring (bicyclic) bond motifs is 1. The van der Waals surface area contributed by atoms with Crippen molar-refractivity contribution in [3.63, 3.8) is 0 Å². The molecule has 0 atom stereocenters. The molecule has 0 amide bonds. The average molecular weight is 574 g/mol. The van der Waals surface area contributed by atoms with Gasteiger partial charge in [0.1, 0.15) is 15.3 Å². The Morgan fingerprint density at radius 3 is 1.73 bits per heavy atom. The van der Waals surface area contributed by atoms with Crippen molar-refractivity contribution in [2.75, 3.05) is 9.44 Å². The monoisotopic (exact) mass is 573 g/mol. The average Bonchev–Trinajstić information content (AvgIpc) is 3.28. The molecule has 5 aromatic rings. The van der Waals surface area contributed by atoms with Gasteiger partial charge in [-0.25, -0.2) is 21.8 Å². The van der Waals surface area contributed by atoms with Crippen LogP contribution in [0.15, 0.2) is 105 Å². The fraction of sp³-hybridized carbons (Fsp3) is 0. The molecule has 0 fully saturated rings. The lowest BCUT2D eigenvalue weighted by atomic mass is 10.2. The predicted molar refractivity (Wildman–Crippen MR) is 144 cm³/mol. The van der Waals surface area contributed by atoms with Gasteiger partial charge >= 0.3 is 0 Å². The number of oxazole rings is 1. The van der Waals surface area contributed by atoms with Gasteiger partial charge < -0.3 is 4.42 Å². The molecule has 12 heteroatoms. The molecular formula is C25H17Cl2N3O5S2. The largest absolute Gasteiger partial charge is 0.436 e. The first-order chi connectivity index (χ1) is 17.6. The number of nitrogens with zero attached hydrogens (tertiary/aromatic N) is 1. The minimum Gasteiger partial charge on any atom is -0.436 e. The molecule has 1 aromatic heterocycles. The van der Waals surface area contributed by atoms with Gasteiger partial charge in [0.25, 0.3) is 20.0 Å². The zero-order valence-electron chi connectivity index (χ0n) is 18.7. The number of sulfonamides is 2. The van der Waals surface area contributed by atoms with E-state index in [0.717, 1.165) is 0 Å². The standard InChI is InChI=1S/C25H17Cl2N3O5S2/c26-19-5-1-3-7-23(19)36(31,32)29-17-11-9-16(10-12-17)25-28-21-15-18(13-14-22(21)35-25)30-37(33,34)24-8-4-2-6-20(24)27/h1-15,29-30H. The molecule has 8 nitrogen and oxygen atoms in total. The lowest BCUT2D eigenvalue weighted by Gasteiger charge is -2.09. The number of halogens is 2. The number of rotatable bonds is 7. The van der Waals surface area contributed by atoms with Crippen LogP contribution in [0.3, 0.4) is 0 Å². The normalized spacial score (nSPS) is 11.9. The van der Waals surface area contributed by atoms with Gasteiger partial charge in [0.05, 0.1) is 15.7 Å². The Morgan fingerprint density at radius 1 is 0.649 bits per heavy atom. The van der Waals surface area contributed by atoms with Gasteiger partial charge in [-0.2, -0.15) is 0 Å². The van der Waals surface area contributed by atoms with Crippen molar-refractivity contribution in [3.05, 3.63) is 101 Å². The Morgan fingerprint density at radius 2 is 1.16 bits per heavy atom. The summed E-state index contributed by atoms with van der Waals surface area (Å²) in [6, 6.07) is 23.4. The predicted octanol–water partition coefficient (Wildman–Crippen LogP) is 6.40. The molecule has 4 aromatic carbocycles. The van der Waals surface area contributed by atoms with E-state index in [0.29, 0.717) is 22.4 Å². The van der Waals surface area contributed by atoms with Crippen molar-refractivity contribution in [1.29, 1.82) is 0 Å². The summed E-state index contributed by atoms with van der Waals surface area (Å²) in [7, 11) is -7.78. The zero-order valence-corrected chi connectivity index (χ0v) is 21.9. The molecule has 0 saturated carbocycles. The molecule has 0 aliphatic rings. The second-order valence-corrected chi connectivity index (χ2v) is 12.0. The van der Waals surface area contributed by atoms with Crippen LogP contribution in [-0.2, 0) is 20.0 Å². The molecule has 0 aliphatic carbocycles. The van der Waals surface area contributed by atoms with Gasteiger partial charge in [-0.3, -0.25) is 9.44 Å². The molecule has 0 aliphatic heterocycles. The maximum Gasteiger partial charge on any atom is 0.263 e. The molecule has 1 heterocycles. The topological polar surface area (TPSA) is 118 Å². The highest BCUT2D eigenvalue weighted by atomic mass is 35.5. The van der Waals surface area contributed by atoms with Crippen LogP contribution in [-0.4, -0.2) is 21.8 Å². The first-order valence-electron chi connectivity index (χ1n) is 10.7. The van der Waals surface area contributed by atoms with Gasteiger partial charge in [0.15, 0.2) is 5.58 Å². The van der Waals surface area contributed by atoms with E-state index in [1.165, 1.54) is 24.3 Å². The van der Waals surface area contributed by atoms with Crippen molar-refractivity contribution >= 4 is 65.7 Å². The molecule has 0 bridgehead atoms. The number of hydrogen-bond donors (Lipinski definition) is 2. The lowest BCUT2D eigenvalue weighted by molar-refractivity contribution is 0.599. The summed E-state index contributed by atoms with van der Waals surface area (Å²) in [5, 5.41) is 0.226. The molecule has 0 saturated heterocycles. The fourth-order valence-electron chi connectivity index (χ4n) is 3.54. The molecule has 5 rings (SSSR count). The summed E-state index contributed by atoms with van der Waals surface area (Å²) < 4.78 is 61.6. The Hall–Kier alpha value is -3.57. The second kappa shape index (κ2) is 9.71. The lowest BCUT2D eigenvalue weighted by Crippen LogP contribution is -2.13. The van der Waals surface area contributed by atoms with Gasteiger partial charge in [-0.1, -0.05) is 47.5 Å². The zero-order chi connectivity index (χ0) is 26.2. The van der Waals surface area contributed by atoms with Crippen molar-refractivity contribution in [1.82, 2.24) is 4.98 Å². The van der Waals surface area contributed by atoms with E-state index in [2.05, 4.69) is 14.4 Å². The van der Waals surface area contributed by atoms with E-state index in [-0.39, 0.29) is 31.4 Å². The van der Waals surface area contributed by atoms with Crippen molar-refractivity contribution in [2.24, 2.45) is 0 Å². The van der Waals surface area contributed by atoms with E-state index < -0.39 is 20.0 Å². The third kappa shape index (κ3) is 5.28. The van der Waals surface area contributed by atoms with Crippen LogP contribution in [0.2, 0.25) is 10.0 Å². The van der Waals surface area contributed by atoms with Gasteiger partial charge in [-0.15, -0.1) is 0 Å². The van der Waals surface area contributed by atoms with Crippen LogP contribution in [0, 0.1) is 0 Å². The first kappa shape index (κ1) is 25.1. The summed E-state index contributed by atoms with van der Waals surface area (Å²) in [6.45, 7) is 0. The highest BCUT2D eigenvalue weighted by Gasteiger charge is 2.19. The SMILES string of the molecule is O=S(=O)(Nc1ccc(-c2nc3cc(NS(=O)(=O)c4ccccc4Cl)ccc3o2)cc1)c1ccccc1Cl. The van der Waals surface area contributed by atoms with Crippen LogP contribution in [0.4, 0.5) is 11.4 Å².